The Hall–Kier alpha value is -3.08. The van der Waals surface area contributed by atoms with Crippen LogP contribution < -0.4 is 0 Å². The van der Waals surface area contributed by atoms with Crippen molar-refractivity contribution in [2.24, 2.45) is 0 Å². The Bertz CT molecular complexity index is 760. The van der Waals surface area contributed by atoms with Crippen molar-refractivity contribution in [2.75, 3.05) is 0 Å². The first kappa shape index (κ1) is 15.3. The SMILES string of the molecule is Cc1cc(C(=O)O)c(O)c(C(=O)C=C(O)c2ccccc2)c1. The number of carbonyl (C=O) groups excluding carboxylic acids is 1. The minimum atomic E-state index is -1.33. The number of hydrogen-bond donors (Lipinski definition) is 3. The summed E-state index contributed by atoms with van der Waals surface area (Å²) in [6.07, 6.45) is 0.954. The van der Waals surface area contributed by atoms with Gasteiger partial charge < -0.3 is 15.3 Å². The molecule has 5 nitrogen and oxygen atoms in total. The topological polar surface area (TPSA) is 94.8 Å². The van der Waals surface area contributed by atoms with Crippen LogP contribution in [0.25, 0.3) is 5.76 Å². The molecule has 0 amide bonds. The number of hydrogen-bond acceptors (Lipinski definition) is 4. The second kappa shape index (κ2) is 6.13. The lowest BCUT2D eigenvalue weighted by Crippen LogP contribution is -2.04. The summed E-state index contributed by atoms with van der Waals surface area (Å²) in [6.45, 7) is 1.61. The Balaban J connectivity index is 2.44. The number of carboxylic acid groups (broad SMARTS) is 1. The lowest BCUT2D eigenvalue weighted by Gasteiger charge is -2.07. The van der Waals surface area contributed by atoms with Crippen LogP contribution in [0.15, 0.2) is 48.5 Å². The van der Waals surface area contributed by atoms with Gasteiger partial charge in [0, 0.05) is 11.6 Å². The lowest BCUT2D eigenvalue weighted by atomic mass is 10.0. The van der Waals surface area contributed by atoms with E-state index in [9.17, 15) is 19.8 Å². The van der Waals surface area contributed by atoms with Gasteiger partial charge in [-0.05, 0) is 24.6 Å². The maximum atomic E-state index is 12.2. The molecule has 0 aliphatic rings. The fraction of sp³-hybridized carbons (Fsp3) is 0.0588. The first-order chi connectivity index (χ1) is 10.4. The molecule has 2 aromatic carbocycles. The molecular weight excluding hydrogens is 284 g/mol. The van der Waals surface area contributed by atoms with Crippen molar-refractivity contribution < 1.29 is 24.9 Å². The van der Waals surface area contributed by atoms with Gasteiger partial charge in [-0.25, -0.2) is 4.79 Å². The van der Waals surface area contributed by atoms with Gasteiger partial charge in [0.2, 0.25) is 0 Å². The first-order valence-electron chi connectivity index (χ1n) is 6.47. The van der Waals surface area contributed by atoms with Crippen molar-refractivity contribution >= 4 is 17.5 Å². The molecule has 0 aliphatic carbocycles. The summed E-state index contributed by atoms with van der Waals surface area (Å²) in [6, 6.07) is 11.1. The second-order valence-corrected chi connectivity index (χ2v) is 4.77. The minimum absolute atomic E-state index is 0.167. The van der Waals surface area contributed by atoms with Crippen molar-refractivity contribution in [1.82, 2.24) is 0 Å². The number of carbonyl (C=O) groups is 2. The van der Waals surface area contributed by atoms with Gasteiger partial charge in [-0.1, -0.05) is 30.3 Å². The molecule has 0 radical (unpaired) electrons. The van der Waals surface area contributed by atoms with Crippen molar-refractivity contribution in [1.29, 1.82) is 0 Å². The van der Waals surface area contributed by atoms with E-state index in [1.54, 1.807) is 37.3 Å². The highest BCUT2D eigenvalue weighted by Gasteiger charge is 2.18. The van der Waals surface area contributed by atoms with Gasteiger partial charge in [0.15, 0.2) is 5.78 Å². The van der Waals surface area contributed by atoms with Crippen LogP contribution in [0.2, 0.25) is 0 Å². The van der Waals surface area contributed by atoms with Gasteiger partial charge in [0.1, 0.15) is 17.1 Å². The third kappa shape index (κ3) is 3.15. The zero-order chi connectivity index (χ0) is 16.3. The van der Waals surface area contributed by atoms with Crippen molar-refractivity contribution in [3.05, 3.63) is 70.8 Å². The predicted octanol–water partition coefficient (Wildman–Crippen LogP) is 3.18. The van der Waals surface area contributed by atoms with E-state index >= 15 is 0 Å². The molecule has 0 bridgehead atoms. The molecule has 0 spiro atoms. The normalized spacial score (nSPS) is 11.2. The fourth-order valence-corrected chi connectivity index (χ4v) is 2.02. The molecule has 0 saturated heterocycles. The van der Waals surface area contributed by atoms with E-state index in [0.717, 1.165) is 6.08 Å². The number of aromatic carboxylic acids is 1. The van der Waals surface area contributed by atoms with Crippen LogP contribution in [0.5, 0.6) is 5.75 Å². The van der Waals surface area contributed by atoms with Crippen LogP contribution in [0.3, 0.4) is 0 Å². The van der Waals surface area contributed by atoms with Crippen LogP contribution in [0, 0.1) is 6.92 Å². The monoisotopic (exact) mass is 298 g/mol. The Morgan fingerprint density at radius 3 is 2.18 bits per heavy atom. The zero-order valence-corrected chi connectivity index (χ0v) is 11.8. The average molecular weight is 298 g/mol. The van der Waals surface area contributed by atoms with E-state index in [1.807, 2.05) is 0 Å². The van der Waals surface area contributed by atoms with E-state index in [1.165, 1.54) is 12.1 Å². The molecule has 0 aliphatic heterocycles. The van der Waals surface area contributed by atoms with Gasteiger partial charge in [-0.2, -0.15) is 0 Å². The Morgan fingerprint density at radius 1 is 1.00 bits per heavy atom. The van der Waals surface area contributed by atoms with E-state index < -0.39 is 17.5 Å². The average Bonchev–Trinajstić information content (AvgIpc) is 2.49. The van der Waals surface area contributed by atoms with Crippen molar-refractivity contribution in [2.45, 2.75) is 6.92 Å². The number of carboxylic acids is 1. The van der Waals surface area contributed by atoms with Gasteiger partial charge >= 0.3 is 5.97 Å². The quantitative estimate of drug-likeness (QED) is 0.458. The van der Waals surface area contributed by atoms with Gasteiger partial charge in [0.25, 0.3) is 0 Å². The number of phenols is 1. The molecule has 0 fully saturated rings. The number of aliphatic hydroxyl groups excluding tert-OH is 1. The third-order valence-electron chi connectivity index (χ3n) is 3.09. The number of aromatic hydroxyl groups is 1. The van der Waals surface area contributed by atoms with Crippen molar-refractivity contribution in [3.8, 4) is 5.75 Å². The summed E-state index contributed by atoms with van der Waals surface area (Å²) in [5.41, 5.74) is 0.448. The predicted molar refractivity (Wildman–Crippen MR) is 81.2 cm³/mol. The molecule has 3 N–H and O–H groups in total. The van der Waals surface area contributed by atoms with Gasteiger partial charge in [0.05, 0.1) is 5.56 Å². The highest BCUT2D eigenvalue weighted by atomic mass is 16.4. The Kier molecular flexibility index (Phi) is 4.27. The minimum Gasteiger partial charge on any atom is -0.507 e. The Labute approximate surface area is 126 Å². The second-order valence-electron chi connectivity index (χ2n) is 4.77. The molecule has 2 aromatic rings. The summed E-state index contributed by atoms with van der Waals surface area (Å²) < 4.78 is 0. The number of rotatable bonds is 4. The third-order valence-corrected chi connectivity index (χ3v) is 3.09. The Morgan fingerprint density at radius 2 is 1.59 bits per heavy atom. The summed E-state index contributed by atoms with van der Waals surface area (Å²) in [7, 11) is 0. The van der Waals surface area contributed by atoms with Gasteiger partial charge in [-0.3, -0.25) is 4.79 Å². The standard InChI is InChI=1S/C17H14O5/c1-10-7-12(16(20)13(8-10)17(21)22)15(19)9-14(18)11-5-3-2-4-6-11/h2-9,18,20H,1H3,(H,21,22). The van der Waals surface area contributed by atoms with E-state index in [-0.39, 0.29) is 16.9 Å². The van der Waals surface area contributed by atoms with Crippen molar-refractivity contribution in [3.63, 3.8) is 0 Å². The highest BCUT2D eigenvalue weighted by Crippen LogP contribution is 2.26. The van der Waals surface area contributed by atoms with E-state index in [2.05, 4.69) is 0 Å². The molecule has 0 atom stereocenters. The number of benzene rings is 2. The molecule has 22 heavy (non-hydrogen) atoms. The summed E-state index contributed by atoms with van der Waals surface area (Å²) in [5.74, 6) is -2.87. The zero-order valence-electron chi connectivity index (χ0n) is 11.8. The maximum Gasteiger partial charge on any atom is 0.339 e. The largest absolute Gasteiger partial charge is 0.507 e. The number of ketones is 1. The van der Waals surface area contributed by atoms with Crippen LogP contribution in [-0.4, -0.2) is 27.1 Å². The molecular formula is C17H14O5. The number of aliphatic hydroxyl groups is 1. The van der Waals surface area contributed by atoms with Crippen LogP contribution >= 0.6 is 0 Å². The highest BCUT2D eigenvalue weighted by molar-refractivity contribution is 6.11. The molecule has 0 heterocycles. The lowest BCUT2D eigenvalue weighted by molar-refractivity contribution is 0.0693. The molecule has 0 unspecified atom stereocenters. The number of aryl methyl sites for hydroxylation is 1. The van der Waals surface area contributed by atoms with E-state index in [4.69, 9.17) is 5.11 Å². The van der Waals surface area contributed by atoms with Gasteiger partial charge in [-0.15, -0.1) is 0 Å². The number of allylic oxidation sites excluding steroid dienone is 1. The first-order valence-corrected chi connectivity index (χ1v) is 6.47. The van der Waals surface area contributed by atoms with E-state index in [0.29, 0.717) is 11.1 Å². The molecule has 0 aromatic heterocycles. The fourth-order valence-electron chi connectivity index (χ4n) is 2.02. The van der Waals surface area contributed by atoms with Crippen LogP contribution in [0.4, 0.5) is 0 Å². The maximum absolute atomic E-state index is 12.2. The smallest absolute Gasteiger partial charge is 0.339 e. The van der Waals surface area contributed by atoms with Crippen LogP contribution in [0.1, 0.15) is 31.8 Å². The van der Waals surface area contributed by atoms with Crippen LogP contribution in [-0.2, 0) is 0 Å². The molecule has 112 valence electrons. The molecule has 2 rings (SSSR count). The molecule has 0 saturated carbocycles. The molecule has 5 heteroatoms. The summed E-state index contributed by atoms with van der Waals surface area (Å²) in [5, 5.41) is 28.9. The summed E-state index contributed by atoms with van der Waals surface area (Å²) >= 11 is 0. The summed E-state index contributed by atoms with van der Waals surface area (Å²) in [4.78, 5) is 23.2.